The maximum atomic E-state index is 11.8. The van der Waals surface area contributed by atoms with E-state index >= 15 is 0 Å². The van der Waals surface area contributed by atoms with Crippen molar-refractivity contribution in [2.45, 2.75) is 26.8 Å². The van der Waals surface area contributed by atoms with E-state index in [4.69, 9.17) is 5.11 Å². The first kappa shape index (κ1) is 13.9. The van der Waals surface area contributed by atoms with E-state index in [-0.39, 0.29) is 5.69 Å². The summed E-state index contributed by atoms with van der Waals surface area (Å²) in [7, 11) is 0. The number of hydrogen-bond donors (Lipinski definition) is 3. The average Bonchev–Trinajstić information content (AvgIpc) is 2.24. The fourth-order valence-corrected chi connectivity index (χ4v) is 1.32. The van der Waals surface area contributed by atoms with Crippen molar-refractivity contribution in [3.63, 3.8) is 0 Å². The number of carbonyl (C=O) groups is 2. The first-order valence-electron chi connectivity index (χ1n) is 5.30. The van der Waals surface area contributed by atoms with Crippen LogP contribution < -0.4 is 10.9 Å². The first-order valence-corrected chi connectivity index (χ1v) is 5.30. The minimum absolute atomic E-state index is 0.0369. The molecule has 1 amide bonds. The highest BCUT2D eigenvalue weighted by Crippen LogP contribution is 2.19. The molecule has 0 aromatic carbocycles. The number of aromatic nitrogens is 2. The molecule has 0 fully saturated rings. The Kier molecular flexibility index (Phi) is 3.85. The van der Waals surface area contributed by atoms with E-state index < -0.39 is 28.9 Å². The molecule has 1 heterocycles. The van der Waals surface area contributed by atoms with E-state index in [9.17, 15) is 14.4 Å². The second-order valence-corrected chi connectivity index (χ2v) is 4.91. The van der Waals surface area contributed by atoms with Gasteiger partial charge in [-0.2, -0.15) is 0 Å². The van der Waals surface area contributed by atoms with Gasteiger partial charge in [-0.15, -0.1) is 0 Å². The highest BCUT2D eigenvalue weighted by molar-refractivity contribution is 5.94. The van der Waals surface area contributed by atoms with Gasteiger partial charge in [0, 0.05) is 6.20 Å². The number of nitrogens with one attached hydrogen (secondary N) is 2. The van der Waals surface area contributed by atoms with Gasteiger partial charge in [0.15, 0.2) is 0 Å². The minimum Gasteiger partial charge on any atom is -0.480 e. The lowest BCUT2D eigenvalue weighted by atomic mass is 9.86. The van der Waals surface area contributed by atoms with Gasteiger partial charge in [-0.05, 0) is 5.41 Å². The number of aromatic amines is 1. The van der Waals surface area contributed by atoms with E-state index in [1.165, 1.54) is 0 Å². The number of aliphatic carboxylic acids is 1. The minimum atomic E-state index is -1.12. The molecular formula is C11H15N3O4. The van der Waals surface area contributed by atoms with Crippen LogP contribution >= 0.6 is 0 Å². The Bertz CT molecular complexity index is 495. The smallest absolute Gasteiger partial charge is 0.326 e. The molecular weight excluding hydrogens is 238 g/mol. The normalized spacial score (nSPS) is 12.8. The summed E-state index contributed by atoms with van der Waals surface area (Å²) in [5.74, 6) is -1.77. The molecule has 1 rings (SSSR count). The van der Waals surface area contributed by atoms with Crippen LogP contribution in [0.4, 0.5) is 0 Å². The van der Waals surface area contributed by atoms with Crippen LogP contribution in [0, 0.1) is 5.41 Å². The van der Waals surface area contributed by atoms with Gasteiger partial charge in [0.05, 0.1) is 6.20 Å². The molecule has 98 valence electrons. The molecule has 3 N–H and O–H groups in total. The lowest BCUT2D eigenvalue weighted by molar-refractivity contribution is -0.142. The topological polar surface area (TPSA) is 112 Å². The van der Waals surface area contributed by atoms with Crippen LogP contribution in [0.2, 0.25) is 0 Å². The van der Waals surface area contributed by atoms with Crippen LogP contribution in [0.3, 0.4) is 0 Å². The number of H-pyrrole nitrogens is 1. The molecule has 0 unspecified atom stereocenters. The number of hydrogen-bond acceptors (Lipinski definition) is 4. The lowest BCUT2D eigenvalue weighted by Crippen LogP contribution is -2.49. The summed E-state index contributed by atoms with van der Waals surface area (Å²) in [6.45, 7) is 5.10. The van der Waals surface area contributed by atoms with Crippen LogP contribution in [0.5, 0.6) is 0 Å². The molecule has 0 aliphatic carbocycles. The van der Waals surface area contributed by atoms with E-state index in [0.717, 1.165) is 12.4 Å². The Hall–Kier alpha value is -2.18. The fraction of sp³-hybridized carbons (Fsp3) is 0.455. The summed E-state index contributed by atoms with van der Waals surface area (Å²) in [4.78, 5) is 39.5. The van der Waals surface area contributed by atoms with Gasteiger partial charge in [0.1, 0.15) is 11.7 Å². The van der Waals surface area contributed by atoms with Crippen LogP contribution in [-0.2, 0) is 4.79 Å². The Morgan fingerprint density at radius 2 is 2.06 bits per heavy atom. The fourth-order valence-electron chi connectivity index (χ4n) is 1.32. The molecule has 0 saturated heterocycles. The molecule has 1 aromatic heterocycles. The predicted molar refractivity (Wildman–Crippen MR) is 63.2 cm³/mol. The molecule has 1 atom stereocenters. The molecule has 0 aliphatic heterocycles. The van der Waals surface area contributed by atoms with Gasteiger partial charge in [-0.3, -0.25) is 9.59 Å². The molecule has 0 saturated carbocycles. The number of rotatable bonds is 3. The van der Waals surface area contributed by atoms with Crippen molar-refractivity contribution >= 4 is 11.9 Å². The van der Waals surface area contributed by atoms with Crippen molar-refractivity contribution in [2.75, 3.05) is 0 Å². The maximum absolute atomic E-state index is 11.8. The third kappa shape index (κ3) is 3.41. The highest BCUT2D eigenvalue weighted by atomic mass is 16.4. The SMILES string of the molecule is CC(C)(C)[C@@H](NC(=O)c1c[nH]c(=O)cn1)C(=O)O. The summed E-state index contributed by atoms with van der Waals surface area (Å²) in [6.07, 6.45) is 2.10. The number of carboxylic acid groups (broad SMARTS) is 1. The third-order valence-corrected chi connectivity index (χ3v) is 2.29. The Labute approximate surface area is 103 Å². The summed E-state index contributed by atoms with van der Waals surface area (Å²) < 4.78 is 0. The van der Waals surface area contributed by atoms with Gasteiger partial charge in [0.2, 0.25) is 0 Å². The first-order chi connectivity index (χ1) is 8.21. The molecule has 0 radical (unpaired) electrons. The number of carboxylic acids is 1. The summed E-state index contributed by atoms with van der Waals surface area (Å²) in [5.41, 5.74) is -1.11. The zero-order valence-electron chi connectivity index (χ0n) is 10.4. The molecule has 0 bridgehead atoms. The van der Waals surface area contributed by atoms with Gasteiger partial charge in [-0.25, -0.2) is 9.78 Å². The van der Waals surface area contributed by atoms with Gasteiger partial charge in [-0.1, -0.05) is 20.8 Å². The summed E-state index contributed by atoms with van der Waals surface area (Å²) in [5, 5.41) is 11.4. The van der Waals surface area contributed by atoms with Gasteiger partial charge >= 0.3 is 5.97 Å². The van der Waals surface area contributed by atoms with E-state index in [0.29, 0.717) is 0 Å². The van der Waals surface area contributed by atoms with E-state index in [2.05, 4.69) is 15.3 Å². The van der Waals surface area contributed by atoms with Crippen molar-refractivity contribution in [3.05, 3.63) is 28.4 Å². The zero-order valence-corrected chi connectivity index (χ0v) is 10.4. The molecule has 18 heavy (non-hydrogen) atoms. The monoisotopic (exact) mass is 253 g/mol. The van der Waals surface area contributed by atoms with E-state index in [1.54, 1.807) is 20.8 Å². The van der Waals surface area contributed by atoms with Crippen molar-refractivity contribution in [3.8, 4) is 0 Å². The van der Waals surface area contributed by atoms with Crippen molar-refractivity contribution in [1.29, 1.82) is 0 Å². The lowest BCUT2D eigenvalue weighted by Gasteiger charge is -2.27. The van der Waals surface area contributed by atoms with E-state index in [1.807, 2.05) is 0 Å². The van der Waals surface area contributed by atoms with Gasteiger partial charge in [0.25, 0.3) is 11.5 Å². The Morgan fingerprint density at radius 1 is 1.44 bits per heavy atom. The molecule has 0 aliphatic rings. The van der Waals surface area contributed by atoms with Crippen LogP contribution in [0.25, 0.3) is 0 Å². The van der Waals surface area contributed by atoms with Crippen LogP contribution in [-0.4, -0.2) is 33.0 Å². The van der Waals surface area contributed by atoms with Crippen molar-refractivity contribution < 1.29 is 14.7 Å². The highest BCUT2D eigenvalue weighted by Gasteiger charge is 2.33. The molecule has 1 aromatic rings. The second-order valence-electron chi connectivity index (χ2n) is 4.91. The Balaban J connectivity index is 2.89. The molecule has 7 nitrogen and oxygen atoms in total. The zero-order chi connectivity index (χ0) is 13.9. The number of carbonyl (C=O) groups excluding carboxylic acids is 1. The predicted octanol–water partition coefficient (Wildman–Crippen LogP) is -0.00100. The van der Waals surface area contributed by atoms with Crippen molar-refractivity contribution in [2.24, 2.45) is 5.41 Å². The van der Waals surface area contributed by atoms with Crippen molar-refractivity contribution in [1.82, 2.24) is 15.3 Å². The van der Waals surface area contributed by atoms with Gasteiger partial charge < -0.3 is 15.4 Å². The second kappa shape index (κ2) is 4.99. The number of nitrogens with zero attached hydrogens (tertiary/aromatic N) is 1. The summed E-state index contributed by atoms with van der Waals surface area (Å²) in [6, 6.07) is -1.04. The third-order valence-electron chi connectivity index (χ3n) is 2.29. The molecule has 7 heteroatoms. The van der Waals surface area contributed by atoms with Crippen LogP contribution in [0.1, 0.15) is 31.3 Å². The largest absolute Gasteiger partial charge is 0.480 e. The quantitative estimate of drug-likeness (QED) is 0.701. The summed E-state index contributed by atoms with van der Waals surface area (Å²) >= 11 is 0. The maximum Gasteiger partial charge on any atom is 0.326 e. The molecule has 0 spiro atoms. The average molecular weight is 253 g/mol. The standard InChI is InChI=1S/C11H15N3O4/c1-11(2,3)8(10(17)18)14-9(16)6-4-13-7(15)5-12-6/h4-5,8H,1-3H3,(H,13,15)(H,14,16)(H,17,18)/t8-/m0/s1. The van der Waals surface area contributed by atoms with Crippen LogP contribution in [0.15, 0.2) is 17.2 Å². The number of amides is 1. The Morgan fingerprint density at radius 3 is 2.44 bits per heavy atom.